The van der Waals surface area contributed by atoms with Gasteiger partial charge in [-0.1, -0.05) is 13.8 Å². The van der Waals surface area contributed by atoms with Crippen molar-refractivity contribution in [1.29, 1.82) is 5.26 Å². The maximum Gasteiger partial charge on any atom is 0.123 e. The molecule has 0 fully saturated rings. The summed E-state index contributed by atoms with van der Waals surface area (Å²) in [5.74, 6) is 1.13. The highest BCUT2D eigenvalue weighted by Gasteiger charge is 2.25. The topological polar surface area (TPSA) is 36.3 Å². The molecule has 1 aromatic rings. The minimum absolute atomic E-state index is 0.0595. The Morgan fingerprint density at radius 3 is 3.00 bits per heavy atom. The molecule has 20 heavy (non-hydrogen) atoms. The second-order valence-corrected chi connectivity index (χ2v) is 5.76. The van der Waals surface area contributed by atoms with Crippen molar-refractivity contribution in [1.82, 2.24) is 4.90 Å². The van der Waals surface area contributed by atoms with Crippen LogP contribution in [0.25, 0.3) is 0 Å². The Hall–Kier alpha value is -1.60. The lowest BCUT2D eigenvalue weighted by atomic mass is 10.1. The molecule has 0 aromatic heterocycles. The van der Waals surface area contributed by atoms with Gasteiger partial charge in [-0.25, -0.2) is 4.39 Å². The summed E-state index contributed by atoms with van der Waals surface area (Å²) >= 11 is 0. The maximum absolute atomic E-state index is 13.2. The lowest BCUT2D eigenvalue weighted by Gasteiger charge is -2.26. The Morgan fingerprint density at radius 2 is 2.30 bits per heavy atom. The van der Waals surface area contributed by atoms with Gasteiger partial charge in [-0.15, -0.1) is 0 Å². The molecule has 1 aromatic carbocycles. The van der Waals surface area contributed by atoms with Crippen molar-refractivity contribution in [2.45, 2.75) is 32.8 Å². The van der Waals surface area contributed by atoms with Crippen molar-refractivity contribution in [3.05, 3.63) is 29.6 Å². The highest BCUT2D eigenvalue weighted by molar-refractivity contribution is 5.37. The van der Waals surface area contributed by atoms with E-state index in [1.54, 1.807) is 12.1 Å². The number of benzene rings is 1. The average Bonchev–Trinajstić information content (AvgIpc) is 2.76. The molecule has 0 bridgehead atoms. The summed E-state index contributed by atoms with van der Waals surface area (Å²) < 4.78 is 19.1. The third-order valence-electron chi connectivity index (χ3n) is 3.39. The van der Waals surface area contributed by atoms with Gasteiger partial charge in [-0.05, 0) is 24.1 Å². The molecule has 0 radical (unpaired) electrons. The second-order valence-electron chi connectivity index (χ2n) is 5.76. The Bertz CT molecular complexity index is 496. The van der Waals surface area contributed by atoms with Gasteiger partial charge in [-0.2, -0.15) is 5.26 Å². The van der Waals surface area contributed by atoms with Gasteiger partial charge in [0.05, 0.1) is 6.07 Å². The first-order chi connectivity index (χ1) is 9.58. The van der Waals surface area contributed by atoms with Crippen LogP contribution in [0.3, 0.4) is 0 Å². The summed E-state index contributed by atoms with van der Waals surface area (Å²) in [6, 6.07) is 6.88. The van der Waals surface area contributed by atoms with Gasteiger partial charge >= 0.3 is 0 Å². The van der Waals surface area contributed by atoms with Crippen molar-refractivity contribution >= 4 is 0 Å². The van der Waals surface area contributed by atoms with Crippen LogP contribution in [0.5, 0.6) is 5.75 Å². The molecule has 0 N–H and O–H groups in total. The molecular weight excluding hydrogens is 255 g/mol. The summed E-state index contributed by atoms with van der Waals surface area (Å²) in [5, 5.41) is 8.73. The summed E-state index contributed by atoms with van der Waals surface area (Å²) in [6.45, 7) is 6.83. The first kappa shape index (κ1) is 14.8. The summed E-state index contributed by atoms with van der Waals surface area (Å²) in [5.41, 5.74) is 0.944. The van der Waals surface area contributed by atoms with Gasteiger partial charge in [0.15, 0.2) is 0 Å². The van der Waals surface area contributed by atoms with Crippen molar-refractivity contribution in [3.8, 4) is 11.8 Å². The lowest BCUT2D eigenvalue weighted by Crippen LogP contribution is -2.37. The number of ether oxygens (including phenoxy) is 1. The summed E-state index contributed by atoms with van der Waals surface area (Å²) in [4.78, 5) is 2.26. The number of rotatable bonds is 6. The monoisotopic (exact) mass is 276 g/mol. The zero-order valence-electron chi connectivity index (χ0n) is 12.1. The van der Waals surface area contributed by atoms with Crippen molar-refractivity contribution in [2.24, 2.45) is 5.92 Å². The van der Waals surface area contributed by atoms with Crippen molar-refractivity contribution < 1.29 is 9.13 Å². The Labute approximate surface area is 120 Å². The fourth-order valence-electron chi connectivity index (χ4n) is 2.66. The number of halogens is 1. The third-order valence-corrected chi connectivity index (χ3v) is 3.39. The third kappa shape index (κ3) is 3.94. The second kappa shape index (κ2) is 6.71. The molecule has 0 saturated heterocycles. The van der Waals surface area contributed by atoms with E-state index in [-0.39, 0.29) is 11.9 Å². The number of nitrogens with zero attached hydrogens (tertiary/aromatic N) is 2. The van der Waals surface area contributed by atoms with Crippen LogP contribution in [0.4, 0.5) is 4.39 Å². The standard InChI is InChI=1S/C16H21FN2O/c1-12(2)10-19(7-3-6-18)11-15-9-13-8-14(17)4-5-16(13)20-15/h4-5,8,12,15H,3,7,9-11H2,1-2H3. The van der Waals surface area contributed by atoms with Crippen LogP contribution in [-0.4, -0.2) is 30.6 Å². The van der Waals surface area contributed by atoms with E-state index in [1.165, 1.54) is 6.07 Å². The van der Waals surface area contributed by atoms with Crippen molar-refractivity contribution in [2.75, 3.05) is 19.6 Å². The van der Waals surface area contributed by atoms with E-state index in [1.807, 2.05) is 0 Å². The molecule has 1 aliphatic rings. The fraction of sp³-hybridized carbons (Fsp3) is 0.562. The minimum Gasteiger partial charge on any atom is -0.488 e. The zero-order chi connectivity index (χ0) is 14.5. The lowest BCUT2D eigenvalue weighted by molar-refractivity contribution is 0.142. The molecule has 108 valence electrons. The van der Waals surface area contributed by atoms with E-state index < -0.39 is 0 Å². The molecule has 2 rings (SSSR count). The molecule has 0 aliphatic carbocycles. The number of hydrogen-bond acceptors (Lipinski definition) is 3. The predicted octanol–water partition coefficient (Wildman–Crippen LogP) is 3.00. The maximum atomic E-state index is 13.2. The van der Waals surface area contributed by atoms with E-state index in [0.29, 0.717) is 12.3 Å². The molecule has 0 amide bonds. The van der Waals surface area contributed by atoms with Gasteiger partial charge in [0.25, 0.3) is 0 Å². The van der Waals surface area contributed by atoms with Gasteiger partial charge in [0.1, 0.15) is 17.7 Å². The summed E-state index contributed by atoms with van der Waals surface area (Å²) in [7, 11) is 0. The molecule has 1 heterocycles. The van der Waals surface area contributed by atoms with Crippen LogP contribution in [0.15, 0.2) is 18.2 Å². The Morgan fingerprint density at radius 1 is 1.50 bits per heavy atom. The Kier molecular flexibility index (Phi) is 4.97. The highest BCUT2D eigenvalue weighted by atomic mass is 19.1. The van der Waals surface area contributed by atoms with Crippen LogP contribution >= 0.6 is 0 Å². The zero-order valence-corrected chi connectivity index (χ0v) is 12.1. The number of hydrogen-bond donors (Lipinski definition) is 0. The predicted molar refractivity (Wildman–Crippen MR) is 76.0 cm³/mol. The van der Waals surface area contributed by atoms with Crippen LogP contribution in [0, 0.1) is 23.1 Å². The largest absolute Gasteiger partial charge is 0.488 e. The minimum atomic E-state index is -0.212. The molecule has 1 unspecified atom stereocenters. The normalized spacial score (nSPS) is 17.1. The Balaban J connectivity index is 1.94. The van der Waals surface area contributed by atoms with Gasteiger partial charge in [0, 0.05) is 38.0 Å². The van der Waals surface area contributed by atoms with Gasteiger partial charge < -0.3 is 4.74 Å². The highest BCUT2D eigenvalue weighted by Crippen LogP contribution is 2.29. The van der Waals surface area contributed by atoms with Crippen LogP contribution in [-0.2, 0) is 6.42 Å². The number of nitriles is 1. The first-order valence-corrected chi connectivity index (χ1v) is 7.13. The van der Waals surface area contributed by atoms with E-state index in [2.05, 4.69) is 24.8 Å². The molecule has 0 spiro atoms. The van der Waals surface area contributed by atoms with E-state index >= 15 is 0 Å². The van der Waals surface area contributed by atoms with E-state index in [9.17, 15) is 4.39 Å². The van der Waals surface area contributed by atoms with Gasteiger partial charge in [0.2, 0.25) is 0 Å². The SMILES string of the molecule is CC(C)CN(CCC#N)CC1Cc2cc(F)ccc2O1. The van der Waals surface area contributed by atoms with Crippen LogP contribution in [0.2, 0.25) is 0 Å². The molecule has 1 aliphatic heterocycles. The summed E-state index contributed by atoms with van der Waals surface area (Å²) in [6.07, 6.45) is 1.33. The van der Waals surface area contributed by atoms with E-state index in [0.717, 1.165) is 37.4 Å². The first-order valence-electron chi connectivity index (χ1n) is 7.13. The van der Waals surface area contributed by atoms with Crippen molar-refractivity contribution in [3.63, 3.8) is 0 Å². The molecule has 1 atom stereocenters. The molecular formula is C16H21FN2O. The van der Waals surface area contributed by atoms with Crippen LogP contribution in [0.1, 0.15) is 25.8 Å². The van der Waals surface area contributed by atoms with E-state index in [4.69, 9.17) is 10.00 Å². The molecule has 4 heteroatoms. The average molecular weight is 276 g/mol. The molecule has 0 saturated carbocycles. The number of fused-ring (bicyclic) bond motifs is 1. The van der Waals surface area contributed by atoms with Crippen LogP contribution < -0.4 is 4.74 Å². The quantitative estimate of drug-likeness (QED) is 0.801. The fourth-order valence-corrected chi connectivity index (χ4v) is 2.66. The van der Waals surface area contributed by atoms with Gasteiger partial charge in [-0.3, -0.25) is 4.90 Å². The smallest absolute Gasteiger partial charge is 0.123 e. The molecule has 3 nitrogen and oxygen atoms in total.